The lowest BCUT2D eigenvalue weighted by Crippen LogP contribution is -2.50. The fourth-order valence-corrected chi connectivity index (χ4v) is 4.81. The predicted molar refractivity (Wildman–Crippen MR) is 150 cm³/mol. The van der Waals surface area contributed by atoms with Crippen molar-refractivity contribution in [3.8, 4) is 0 Å². The van der Waals surface area contributed by atoms with Crippen LogP contribution in [0.25, 0.3) is 0 Å². The number of nitrogens with one attached hydrogen (secondary N) is 1. The molecule has 0 radical (unpaired) electrons. The van der Waals surface area contributed by atoms with Gasteiger partial charge in [-0.1, -0.05) is 73.1 Å². The summed E-state index contributed by atoms with van der Waals surface area (Å²) in [5.74, 6) is -1.14. The third-order valence-electron chi connectivity index (χ3n) is 6.74. The van der Waals surface area contributed by atoms with Gasteiger partial charge in [0.15, 0.2) is 0 Å². The summed E-state index contributed by atoms with van der Waals surface area (Å²) in [5.41, 5.74) is 2.55. The van der Waals surface area contributed by atoms with Crippen LogP contribution in [0.2, 0.25) is 5.02 Å². The zero-order valence-electron chi connectivity index (χ0n) is 21.9. The molecule has 0 fully saturated rings. The zero-order valence-corrected chi connectivity index (χ0v) is 22.7. The molecule has 1 heterocycles. The molecule has 3 aromatic rings. The molecule has 0 saturated carbocycles. The highest BCUT2D eigenvalue weighted by molar-refractivity contribution is 6.30. The second kappa shape index (κ2) is 13.2. The van der Waals surface area contributed by atoms with Gasteiger partial charge in [0.05, 0.1) is 11.1 Å². The van der Waals surface area contributed by atoms with Gasteiger partial charge in [0.25, 0.3) is 11.8 Å². The Hall–Kier alpha value is -3.97. The Labute approximate surface area is 233 Å². The molecule has 3 aromatic carbocycles. The summed E-state index contributed by atoms with van der Waals surface area (Å²) >= 11 is 6.07. The van der Waals surface area contributed by atoms with E-state index in [1.165, 1.54) is 4.90 Å². The Kier molecular flexibility index (Phi) is 9.49. The van der Waals surface area contributed by atoms with Crippen LogP contribution in [0.15, 0.2) is 78.9 Å². The number of carbonyl (C=O) groups is 4. The minimum atomic E-state index is -0.735. The molecule has 202 valence electrons. The van der Waals surface area contributed by atoms with Gasteiger partial charge >= 0.3 is 0 Å². The van der Waals surface area contributed by atoms with Crippen molar-refractivity contribution in [1.29, 1.82) is 0 Å². The van der Waals surface area contributed by atoms with E-state index in [0.717, 1.165) is 17.5 Å². The second-order valence-electron chi connectivity index (χ2n) is 9.56. The van der Waals surface area contributed by atoms with Gasteiger partial charge in [0.1, 0.15) is 6.04 Å². The number of fused-ring (bicyclic) bond motifs is 1. The van der Waals surface area contributed by atoms with E-state index in [2.05, 4.69) is 5.32 Å². The molecule has 1 aliphatic rings. The van der Waals surface area contributed by atoms with Gasteiger partial charge in [-0.2, -0.15) is 0 Å². The third-order valence-corrected chi connectivity index (χ3v) is 6.99. The zero-order chi connectivity index (χ0) is 27.8. The van der Waals surface area contributed by atoms with E-state index in [-0.39, 0.29) is 49.6 Å². The first kappa shape index (κ1) is 28.0. The molecule has 39 heavy (non-hydrogen) atoms. The topological polar surface area (TPSA) is 86.8 Å². The molecular formula is C31H32ClN3O4. The lowest BCUT2D eigenvalue weighted by atomic mass is 10.0. The summed E-state index contributed by atoms with van der Waals surface area (Å²) in [7, 11) is 0. The summed E-state index contributed by atoms with van der Waals surface area (Å²) in [5, 5.41) is 3.54. The molecule has 1 atom stereocenters. The van der Waals surface area contributed by atoms with Crippen LogP contribution in [0.3, 0.4) is 0 Å². The van der Waals surface area contributed by atoms with Gasteiger partial charge in [-0.15, -0.1) is 0 Å². The van der Waals surface area contributed by atoms with Crippen LogP contribution >= 0.6 is 11.6 Å². The summed E-state index contributed by atoms with van der Waals surface area (Å²) in [6, 6.07) is 22.8. The smallest absolute Gasteiger partial charge is 0.261 e. The van der Waals surface area contributed by atoms with Crippen LogP contribution in [0.1, 0.15) is 58.0 Å². The molecule has 1 N–H and O–H groups in total. The molecule has 0 spiro atoms. The van der Waals surface area contributed by atoms with Crippen molar-refractivity contribution >= 4 is 35.2 Å². The average molecular weight is 546 g/mol. The van der Waals surface area contributed by atoms with E-state index in [0.29, 0.717) is 29.1 Å². The van der Waals surface area contributed by atoms with E-state index >= 15 is 0 Å². The predicted octanol–water partition coefficient (Wildman–Crippen LogP) is 4.88. The largest absolute Gasteiger partial charge is 0.354 e. The molecule has 0 saturated heterocycles. The van der Waals surface area contributed by atoms with E-state index in [1.807, 2.05) is 49.4 Å². The maximum atomic E-state index is 13.7. The number of rotatable bonds is 12. The summed E-state index contributed by atoms with van der Waals surface area (Å²) in [6.45, 7) is 2.83. The van der Waals surface area contributed by atoms with E-state index < -0.39 is 6.04 Å². The summed E-state index contributed by atoms with van der Waals surface area (Å²) in [6.07, 6.45) is 1.49. The fraction of sp³-hybridized carbons (Fsp3) is 0.290. The van der Waals surface area contributed by atoms with Gasteiger partial charge in [-0.05, 0) is 48.2 Å². The standard InChI is InChI=1S/C31H32ClN3O4/c1-2-18-33-29(37)27(20-22-9-4-3-5-10-22)35(21-23-14-16-24(32)17-15-23)28(36)13-8-19-34-30(38)25-11-6-7-12-26(25)31(34)39/h3-7,9-12,14-17,27H,2,8,13,18-21H2,1H3,(H,33,37). The summed E-state index contributed by atoms with van der Waals surface area (Å²) < 4.78 is 0. The average Bonchev–Trinajstić information content (AvgIpc) is 3.20. The van der Waals surface area contributed by atoms with Gasteiger partial charge < -0.3 is 10.2 Å². The number of carbonyl (C=O) groups excluding carboxylic acids is 4. The Morgan fingerprint density at radius 3 is 2.10 bits per heavy atom. The number of nitrogens with zero attached hydrogens (tertiary/aromatic N) is 2. The number of amides is 4. The number of hydrogen-bond donors (Lipinski definition) is 1. The first-order valence-corrected chi connectivity index (χ1v) is 13.6. The Balaban J connectivity index is 1.53. The first-order valence-electron chi connectivity index (χ1n) is 13.2. The number of imide groups is 1. The molecule has 0 aliphatic carbocycles. The maximum Gasteiger partial charge on any atom is 0.261 e. The van der Waals surface area contributed by atoms with E-state index in [1.54, 1.807) is 41.3 Å². The molecular weight excluding hydrogens is 514 g/mol. The number of halogens is 1. The van der Waals surface area contributed by atoms with Gasteiger partial charge in [0, 0.05) is 37.5 Å². The van der Waals surface area contributed by atoms with Crippen LogP contribution in [0.5, 0.6) is 0 Å². The van der Waals surface area contributed by atoms with Crippen molar-refractivity contribution < 1.29 is 19.2 Å². The van der Waals surface area contributed by atoms with Crippen LogP contribution in [-0.2, 0) is 22.6 Å². The molecule has 4 amide bonds. The Bertz CT molecular complexity index is 1290. The molecule has 0 bridgehead atoms. The van der Waals surface area contributed by atoms with Gasteiger partial charge in [-0.3, -0.25) is 24.1 Å². The van der Waals surface area contributed by atoms with Crippen molar-refractivity contribution in [3.05, 3.63) is 106 Å². The van der Waals surface area contributed by atoms with E-state index in [9.17, 15) is 19.2 Å². The molecule has 4 rings (SSSR count). The fourth-order valence-electron chi connectivity index (χ4n) is 4.68. The van der Waals surface area contributed by atoms with Crippen LogP contribution < -0.4 is 5.32 Å². The van der Waals surface area contributed by atoms with Crippen LogP contribution in [-0.4, -0.2) is 52.6 Å². The Morgan fingerprint density at radius 1 is 0.872 bits per heavy atom. The van der Waals surface area contributed by atoms with Crippen molar-refractivity contribution in [3.63, 3.8) is 0 Å². The summed E-state index contributed by atoms with van der Waals surface area (Å²) in [4.78, 5) is 55.3. The molecule has 8 heteroatoms. The van der Waals surface area contributed by atoms with Crippen molar-refractivity contribution in [2.75, 3.05) is 13.1 Å². The van der Waals surface area contributed by atoms with Gasteiger partial charge in [0.2, 0.25) is 11.8 Å². The monoisotopic (exact) mass is 545 g/mol. The minimum Gasteiger partial charge on any atom is -0.354 e. The Morgan fingerprint density at radius 2 is 1.49 bits per heavy atom. The van der Waals surface area contributed by atoms with Crippen molar-refractivity contribution in [2.24, 2.45) is 0 Å². The highest BCUT2D eigenvalue weighted by Crippen LogP contribution is 2.23. The quantitative estimate of drug-likeness (QED) is 0.329. The van der Waals surface area contributed by atoms with E-state index in [4.69, 9.17) is 11.6 Å². The molecule has 1 aliphatic heterocycles. The van der Waals surface area contributed by atoms with Crippen molar-refractivity contribution in [2.45, 2.75) is 45.2 Å². The molecule has 7 nitrogen and oxygen atoms in total. The van der Waals surface area contributed by atoms with Crippen molar-refractivity contribution in [1.82, 2.24) is 15.1 Å². The highest BCUT2D eigenvalue weighted by Gasteiger charge is 2.35. The third kappa shape index (κ3) is 6.92. The highest BCUT2D eigenvalue weighted by atomic mass is 35.5. The lowest BCUT2D eigenvalue weighted by Gasteiger charge is -2.32. The SMILES string of the molecule is CCCNC(=O)C(Cc1ccccc1)N(Cc1ccc(Cl)cc1)C(=O)CCCN1C(=O)c2ccccc2C1=O. The number of hydrogen-bond acceptors (Lipinski definition) is 4. The number of benzene rings is 3. The first-order chi connectivity index (χ1) is 18.9. The normalized spacial score (nSPS) is 13.2. The maximum absolute atomic E-state index is 13.7. The molecule has 0 aromatic heterocycles. The molecule has 1 unspecified atom stereocenters. The van der Waals surface area contributed by atoms with Crippen LogP contribution in [0.4, 0.5) is 0 Å². The lowest BCUT2D eigenvalue weighted by molar-refractivity contribution is -0.141. The minimum absolute atomic E-state index is 0.0767. The second-order valence-corrected chi connectivity index (χ2v) is 9.99. The van der Waals surface area contributed by atoms with Gasteiger partial charge in [-0.25, -0.2) is 0 Å². The van der Waals surface area contributed by atoms with Crippen LogP contribution in [0, 0.1) is 0 Å².